The van der Waals surface area contributed by atoms with Gasteiger partial charge < -0.3 is 15.5 Å². The fourth-order valence-electron chi connectivity index (χ4n) is 0.374. The molecule has 8 heavy (non-hydrogen) atoms. The van der Waals surface area contributed by atoms with E-state index < -0.39 is 0 Å². The number of likely N-dealkylation sites (N-methyl/N-ethyl adjacent to an activating group) is 1. The summed E-state index contributed by atoms with van der Waals surface area (Å²) in [7, 11) is 1.64. The van der Waals surface area contributed by atoms with Gasteiger partial charge in [0.1, 0.15) is 5.76 Å². The van der Waals surface area contributed by atoms with Crippen molar-refractivity contribution in [3.05, 3.63) is 11.5 Å². The zero-order chi connectivity index (χ0) is 6.57. The molecule has 3 nitrogen and oxygen atoms in total. The zero-order valence-electron chi connectivity index (χ0n) is 5.10. The number of hydrogen-bond acceptors (Lipinski definition) is 3. The average molecular weight is 117 g/mol. The summed E-state index contributed by atoms with van der Waals surface area (Å²) in [4.78, 5) is 0. The van der Waals surface area contributed by atoms with Gasteiger partial charge in [0.2, 0.25) is 0 Å². The Labute approximate surface area is 48.6 Å². The monoisotopic (exact) mass is 117 g/mol. The molecule has 0 aliphatic rings. The fraction of sp³-hybridized carbons (Fsp3) is 0.600. The van der Waals surface area contributed by atoms with Gasteiger partial charge in [0.05, 0.1) is 12.3 Å². The lowest BCUT2D eigenvalue weighted by atomic mass is 10.4. The van der Waals surface area contributed by atoms with Crippen molar-refractivity contribution in [2.45, 2.75) is 6.92 Å². The third-order valence-corrected chi connectivity index (χ3v) is 0.897. The Morgan fingerprint density at radius 2 is 2.12 bits per heavy atom. The quantitative estimate of drug-likeness (QED) is 0.446. The largest absolute Gasteiger partial charge is 0.511 e. The van der Waals surface area contributed by atoms with Crippen LogP contribution >= 0.6 is 0 Å². The molecule has 0 saturated heterocycles. The molecule has 0 atom stereocenters. The molecule has 0 aromatic heterocycles. The van der Waals surface area contributed by atoms with E-state index >= 15 is 0 Å². The highest BCUT2D eigenvalue weighted by Gasteiger charge is 1.92. The molecule has 0 bridgehead atoms. The van der Waals surface area contributed by atoms with Gasteiger partial charge in [-0.1, -0.05) is 0 Å². The van der Waals surface area contributed by atoms with Gasteiger partial charge in [-0.25, -0.2) is 0 Å². The summed E-state index contributed by atoms with van der Waals surface area (Å²) in [5.41, 5.74) is 0.463. The van der Waals surface area contributed by atoms with Crippen molar-refractivity contribution in [3.63, 3.8) is 0 Å². The normalized spacial score (nSPS) is 12.9. The minimum Gasteiger partial charge on any atom is -0.511 e. The highest BCUT2D eigenvalue weighted by atomic mass is 16.3. The summed E-state index contributed by atoms with van der Waals surface area (Å²) in [5.74, 6) is 0.134. The second-order valence-electron chi connectivity index (χ2n) is 1.47. The van der Waals surface area contributed by atoms with Crippen LogP contribution in [0.5, 0.6) is 0 Å². The van der Waals surface area contributed by atoms with Crippen LogP contribution in [0.15, 0.2) is 11.5 Å². The minimum atomic E-state index is -0.140. The smallest absolute Gasteiger partial charge is 0.110 e. The van der Waals surface area contributed by atoms with Gasteiger partial charge in [-0.15, -0.1) is 0 Å². The number of rotatable bonds is 2. The third kappa shape index (κ3) is 1.84. The van der Waals surface area contributed by atoms with Crippen molar-refractivity contribution < 1.29 is 10.2 Å². The third-order valence-electron chi connectivity index (χ3n) is 0.897. The fourth-order valence-corrected chi connectivity index (χ4v) is 0.374. The van der Waals surface area contributed by atoms with E-state index in [9.17, 15) is 0 Å². The van der Waals surface area contributed by atoms with Crippen LogP contribution in [0.3, 0.4) is 0 Å². The lowest BCUT2D eigenvalue weighted by molar-refractivity contribution is 0.305. The molecular formula is C5H11NO2. The minimum absolute atomic E-state index is 0.134. The standard InChI is InChI=1S/C5H11NO2/c1-4(8)5(3-7)6-2/h6-8H,3H2,1-2H3/b5-4+. The Morgan fingerprint density at radius 3 is 2.12 bits per heavy atom. The molecule has 0 aromatic carbocycles. The van der Waals surface area contributed by atoms with Crippen LogP contribution in [0.1, 0.15) is 6.92 Å². The molecule has 0 amide bonds. The molecule has 0 aliphatic heterocycles. The molecule has 0 heterocycles. The van der Waals surface area contributed by atoms with Crippen molar-refractivity contribution in [3.8, 4) is 0 Å². The molecule has 48 valence electrons. The summed E-state index contributed by atoms with van der Waals surface area (Å²) < 4.78 is 0. The lowest BCUT2D eigenvalue weighted by Gasteiger charge is -2.01. The van der Waals surface area contributed by atoms with Gasteiger partial charge in [-0.2, -0.15) is 0 Å². The Hall–Kier alpha value is -0.700. The Balaban J connectivity index is 3.86. The molecule has 0 saturated carbocycles. The van der Waals surface area contributed by atoms with E-state index in [2.05, 4.69) is 5.32 Å². The van der Waals surface area contributed by atoms with Gasteiger partial charge in [0.15, 0.2) is 0 Å². The van der Waals surface area contributed by atoms with E-state index in [0.717, 1.165) is 0 Å². The van der Waals surface area contributed by atoms with Crippen LogP contribution in [0, 0.1) is 0 Å². The second-order valence-corrected chi connectivity index (χ2v) is 1.47. The first-order chi connectivity index (χ1) is 3.72. The van der Waals surface area contributed by atoms with E-state index in [4.69, 9.17) is 10.2 Å². The van der Waals surface area contributed by atoms with E-state index in [0.29, 0.717) is 5.70 Å². The van der Waals surface area contributed by atoms with Gasteiger partial charge in [0.25, 0.3) is 0 Å². The molecule has 0 aliphatic carbocycles. The summed E-state index contributed by atoms with van der Waals surface area (Å²) in [6.07, 6.45) is 0. The highest BCUT2D eigenvalue weighted by Crippen LogP contribution is 1.91. The Morgan fingerprint density at radius 1 is 1.62 bits per heavy atom. The lowest BCUT2D eigenvalue weighted by Crippen LogP contribution is -2.11. The SMILES string of the molecule is CN/C(CO)=C(\C)O. The number of nitrogens with one attached hydrogen (secondary N) is 1. The predicted octanol–water partition coefficient (Wildman–Crippen LogP) is -0.0124. The molecular weight excluding hydrogens is 106 g/mol. The van der Waals surface area contributed by atoms with Gasteiger partial charge in [-0.05, 0) is 6.92 Å². The highest BCUT2D eigenvalue weighted by molar-refractivity contribution is 5.01. The predicted molar refractivity (Wildman–Crippen MR) is 31.5 cm³/mol. The van der Waals surface area contributed by atoms with E-state index in [1.165, 1.54) is 6.92 Å². The Kier molecular flexibility index (Phi) is 3.03. The number of hydrogen-bond donors (Lipinski definition) is 3. The first kappa shape index (κ1) is 7.30. The van der Waals surface area contributed by atoms with Crippen LogP contribution in [-0.2, 0) is 0 Å². The average Bonchev–Trinajstić information content (AvgIpc) is 1.69. The van der Waals surface area contributed by atoms with Crippen molar-refractivity contribution in [2.75, 3.05) is 13.7 Å². The molecule has 0 unspecified atom stereocenters. The van der Waals surface area contributed by atoms with Gasteiger partial charge in [0, 0.05) is 7.05 Å². The maximum atomic E-state index is 8.67. The van der Waals surface area contributed by atoms with Crippen LogP contribution in [0.4, 0.5) is 0 Å². The summed E-state index contributed by atoms with van der Waals surface area (Å²) >= 11 is 0. The first-order valence-corrected chi connectivity index (χ1v) is 2.39. The first-order valence-electron chi connectivity index (χ1n) is 2.39. The number of aliphatic hydroxyl groups is 2. The molecule has 3 heteroatoms. The zero-order valence-corrected chi connectivity index (χ0v) is 5.10. The van der Waals surface area contributed by atoms with Gasteiger partial charge >= 0.3 is 0 Å². The van der Waals surface area contributed by atoms with Crippen LogP contribution < -0.4 is 5.32 Å². The van der Waals surface area contributed by atoms with E-state index in [1.54, 1.807) is 7.05 Å². The molecule has 0 radical (unpaired) electrons. The van der Waals surface area contributed by atoms with Crippen LogP contribution in [0.25, 0.3) is 0 Å². The van der Waals surface area contributed by atoms with E-state index in [-0.39, 0.29) is 12.4 Å². The van der Waals surface area contributed by atoms with Crippen LogP contribution in [-0.4, -0.2) is 23.9 Å². The maximum absolute atomic E-state index is 8.67. The summed E-state index contributed by atoms with van der Waals surface area (Å²) in [5, 5.41) is 19.7. The summed E-state index contributed by atoms with van der Waals surface area (Å²) in [6, 6.07) is 0. The maximum Gasteiger partial charge on any atom is 0.110 e. The molecule has 0 rings (SSSR count). The second kappa shape index (κ2) is 3.32. The topological polar surface area (TPSA) is 52.5 Å². The number of aliphatic hydroxyl groups excluding tert-OH is 2. The molecule has 0 aromatic rings. The molecule has 3 N–H and O–H groups in total. The van der Waals surface area contributed by atoms with E-state index in [1.807, 2.05) is 0 Å². The Bertz CT molecular complexity index is 88.6. The molecule has 0 fully saturated rings. The molecule has 0 spiro atoms. The van der Waals surface area contributed by atoms with Crippen LogP contribution in [0.2, 0.25) is 0 Å². The van der Waals surface area contributed by atoms with Crippen molar-refractivity contribution >= 4 is 0 Å². The summed E-state index contributed by atoms with van der Waals surface area (Å²) in [6.45, 7) is 1.38. The number of allylic oxidation sites excluding steroid dienone is 1. The van der Waals surface area contributed by atoms with Crippen molar-refractivity contribution in [2.24, 2.45) is 0 Å². The van der Waals surface area contributed by atoms with Crippen molar-refractivity contribution in [1.82, 2.24) is 5.32 Å². The van der Waals surface area contributed by atoms with Crippen molar-refractivity contribution in [1.29, 1.82) is 0 Å². The van der Waals surface area contributed by atoms with Gasteiger partial charge in [-0.3, -0.25) is 0 Å².